The monoisotopic (exact) mass is 426 g/mol. The van der Waals surface area contributed by atoms with Gasteiger partial charge in [0.15, 0.2) is 0 Å². The van der Waals surface area contributed by atoms with Crippen molar-refractivity contribution in [2.75, 3.05) is 12.9 Å². The molecule has 0 aliphatic carbocycles. The van der Waals surface area contributed by atoms with E-state index in [2.05, 4.69) is 37.3 Å². The van der Waals surface area contributed by atoms with Gasteiger partial charge in [0.1, 0.15) is 5.75 Å². The summed E-state index contributed by atoms with van der Waals surface area (Å²) in [7, 11) is 1.45. The van der Waals surface area contributed by atoms with Gasteiger partial charge in [-0.15, -0.1) is 11.8 Å². The van der Waals surface area contributed by atoms with Crippen molar-refractivity contribution in [3.63, 3.8) is 0 Å². The molecular formula is C26H34O3S. The molecule has 2 atom stereocenters. The molecule has 2 aromatic carbocycles. The van der Waals surface area contributed by atoms with Gasteiger partial charge in [0.2, 0.25) is 0 Å². The molecule has 0 fully saturated rings. The van der Waals surface area contributed by atoms with E-state index in [1.54, 1.807) is 0 Å². The van der Waals surface area contributed by atoms with Gasteiger partial charge in [-0.25, -0.2) is 0 Å². The molecule has 3 rings (SSSR count). The van der Waals surface area contributed by atoms with Crippen LogP contribution >= 0.6 is 11.8 Å². The molecule has 2 aromatic rings. The van der Waals surface area contributed by atoms with Crippen molar-refractivity contribution in [1.29, 1.82) is 0 Å². The molecule has 0 radical (unpaired) electrons. The SMILES string of the molecule is COC(=O)CCCCCCCCC1c2ccc(O)cc2SCC1c1ccc(C)cc1. The first kappa shape index (κ1) is 22.7. The largest absolute Gasteiger partial charge is 0.508 e. The molecule has 1 aliphatic heterocycles. The maximum atomic E-state index is 11.2. The molecule has 0 amide bonds. The number of aromatic hydroxyl groups is 1. The highest BCUT2D eigenvalue weighted by Crippen LogP contribution is 2.48. The van der Waals surface area contributed by atoms with Crippen molar-refractivity contribution >= 4 is 17.7 Å². The maximum Gasteiger partial charge on any atom is 0.305 e. The van der Waals surface area contributed by atoms with Crippen molar-refractivity contribution in [1.82, 2.24) is 0 Å². The topological polar surface area (TPSA) is 46.5 Å². The van der Waals surface area contributed by atoms with Crippen LogP contribution in [0.25, 0.3) is 0 Å². The molecule has 0 saturated heterocycles. The van der Waals surface area contributed by atoms with Crippen LogP contribution < -0.4 is 0 Å². The van der Waals surface area contributed by atoms with Crippen LogP contribution in [-0.2, 0) is 9.53 Å². The Morgan fingerprint density at radius 3 is 2.47 bits per heavy atom. The van der Waals surface area contributed by atoms with E-state index in [1.165, 1.54) is 60.8 Å². The number of rotatable bonds is 10. The lowest BCUT2D eigenvalue weighted by Gasteiger charge is -2.34. The minimum Gasteiger partial charge on any atom is -0.508 e. The number of unbranched alkanes of at least 4 members (excludes halogenated alkanes) is 5. The summed E-state index contributed by atoms with van der Waals surface area (Å²) in [6, 6.07) is 14.9. The Morgan fingerprint density at radius 1 is 1.03 bits per heavy atom. The predicted octanol–water partition coefficient (Wildman–Crippen LogP) is 6.97. The average molecular weight is 427 g/mol. The zero-order valence-corrected chi connectivity index (χ0v) is 19.0. The minimum atomic E-state index is -0.1000. The number of phenols is 1. The summed E-state index contributed by atoms with van der Waals surface area (Å²) >= 11 is 1.87. The van der Waals surface area contributed by atoms with Crippen molar-refractivity contribution in [3.8, 4) is 5.75 Å². The van der Waals surface area contributed by atoms with E-state index in [1.807, 2.05) is 23.9 Å². The Hall–Kier alpha value is -1.94. The van der Waals surface area contributed by atoms with Crippen molar-refractivity contribution in [2.24, 2.45) is 0 Å². The number of aryl methyl sites for hydroxylation is 1. The summed E-state index contributed by atoms with van der Waals surface area (Å²) in [6.45, 7) is 2.14. The van der Waals surface area contributed by atoms with E-state index in [9.17, 15) is 9.90 Å². The molecule has 0 aromatic heterocycles. The standard InChI is InChI=1S/C26H34O3S/c1-19-11-13-20(14-12-19)24-18-30-25-17-21(27)15-16-23(25)22(24)9-7-5-3-4-6-8-10-26(28)29-2/h11-17,22,24,27H,3-10,18H2,1-2H3. The summed E-state index contributed by atoms with van der Waals surface area (Å²) in [4.78, 5) is 12.4. The van der Waals surface area contributed by atoms with Crippen LogP contribution in [-0.4, -0.2) is 23.9 Å². The second-order valence-corrected chi connectivity index (χ2v) is 9.45. The van der Waals surface area contributed by atoms with Crippen molar-refractivity contribution in [3.05, 3.63) is 59.2 Å². The third kappa shape index (κ3) is 6.28. The Bertz CT molecular complexity index is 816. The number of benzene rings is 2. The van der Waals surface area contributed by atoms with Crippen LogP contribution in [0.2, 0.25) is 0 Å². The molecular weight excluding hydrogens is 392 g/mol. The summed E-state index contributed by atoms with van der Waals surface area (Å²) in [6.07, 6.45) is 8.61. The highest BCUT2D eigenvalue weighted by molar-refractivity contribution is 7.99. The summed E-state index contributed by atoms with van der Waals surface area (Å²) in [5.41, 5.74) is 4.13. The fourth-order valence-electron chi connectivity index (χ4n) is 4.41. The fraction of sp³-hybridized carbons (Fsp3) is 0.500. The number of hydrogen-bond acceptors (Lipinski definition) is 4. The number of ether oxygens (including phenoxy) is 1. The van der Waals surface area contributed by atoms with Crippen LogP contribution in [0.4, 0.5) is 0 Å². The van der Waals surface area contributed by atoms with Gasteiger partial charge < -0.3 is 9.84 Å². The van der Waals surface area contributed by atoms with Gasteiger partial charge in [-0.1, -0.05) is 68.0 Å². The van der Waals surface area contributed by atoms with Crippen LogP contribution in [0.5, 0.6) is 5.75 Å². The normalized spacial score (nSPS) is 18.1. The van der Waals surface area contributed by atoms with Gasteiger partial charge in [0, 0.05) is 23.0 Å². The molecule has 162 valence electrons. The molecule has 0 spiro atoms. The van der Waals surface area contributed by atoms with Crippen LogP contribution in [0.3, 0.4) is 0 Å². The van der Waals surface area contributed by atoms with Gasteiger partial charge in [-0.3, -0.25) is 4.79 Å². The Morgan fingerprint density at radius 2 is 1.73 bits per heavy atom. The highest BCUT2D eigenvalue weighted by atomic mass is 32.2. The number of fused-ring (bicyclic) bond motifs is 1. The van der Waals surface area contributed by atoms with Gasteiger partial charge in [0.05, 0.1) is 7.11 Å². The zero-order chi connectivity index (χ0) is 21.3. The average Bonchev–Trinajstić information content (AvgIpc) is 2.75. The number of methoxy groups -OCH3 is 1. The minimum absolute atomic E-state index is 0.1000. The van der Waals surface area contributed by atoms with Crippen LogP contribution in [0.15, 0.2) is 47.4 Å². The fourth-order valence-corrected chi connectivity index (χ4v) is 5.78. The maximum absolute atomic E-state index is 11.2. The summed E-state index contributed by atoms with van der Waals surface area (Å²) < 4.78 is 4.70. The Labute approximate surface area is 185 Å². The number of hydrogen-bond donors (Lipinski definition) is 1. The molecule has 4 heteroatoms. The molecule has 3 nitrogen and oxygen atoms in total. The first-order chi connectivity index (χ1) is 14.6. The number of phenolic OH excluding ortho intramolecular Hbond substituents is 1. The molecule has 2 unspecified atom stereocenters. The first-order valence-corrected chi connectivity index (χ1v) is 12.2. The first-order valence-electron chi connectivity index (χ1n) is 11.2. The molecule has 1 aliphatic rings. The smallest absolute Gasteiger partial charge is 0.305 e. The Kier molecular flexibility index (Phi) is 8.68. The van der Waals surface area contributed by atoms with Crippen LogP contribution in [0.1, 0.15) is 79.9 Å². The van der Waals surface area contributed by atoms with E-state index in [0.29, 0.717) is 24.0 Å². The lowest BCUT2D eigenvalue weighted by Crippen LogP contribution is -2.19. The zero-order valence-electron chi connectivity index (χ0n) is 18.2. The highest BCUT2D eigenvalue weighted by Gasteiger charge is 2.31. The lowest BCUT2D eigenvalue weighted by molar-refractivity contribution is -0.140. The summed E-state index contributed by atoms with van der Waals surface area (Å²) in [5, 5.41) is 9.91. The van der Waals surface area contributed by atoms with E-state index in [-0.39, 0.29) is 5.97 Å². The van der Waals surface area contributed by atoms with Gasteiger partial charge in [-0.05, 0) is 48.9 Å². The van der Waals surface area contributed by atoms with Gasteiger partial charge in [0.25, 0.3) is 0 Å². The lowest BCUT2D eigenvalue weighted by atomic mass is 9.79. The van der Waals surface area contributed by atoms with Crippen LogP contribution in [0, 0.1) is 6.92 Å². The van der Waals surface area contributed by atoms with E-state index >= 15 is 0 Å². The number of esters is 1. The van der Waals surface area contributed by atoms with E-state index in [0.717, 1.165) is 18.6 Å². The number of thioether (sulfide) groups is 1. The van der Waals surface area contributed by atoms with E-state index in [4.69, 9.17) is 4.74 Å². The van der Waals surface area contributed by atoms with Crippen molar-refractivity contribution < 1.29 is 14.6 Å². The number of carbonyl (C=O) groups excluding carboxylic acids is 1. The predicted molar refractivity (Wildman–Crippen MR) is 124 cm³/mol. The second kappa shape index (κ2) is 11.5. The third-order valence-corrected chi connectivity index (χ3v) is 7.37. The quantitative estimate of drug-likeness (QED) is 0.329. The third-order valence-electron chi connectivity index (χ3n) is 6.18. The molecule has 1 heterocycles. The number of carbonyl (C=O) groups is 1. The molecule has 1 N–H and O–H groups in total. The molecule has 30 heavy (non-hydrogen) atoms. The van der Waals surface area contributed by atoms with Gasteiger partial charge >= 0.3 is 5.97 Å². The Balaban J connectivity index is 1.56. The van der Waals surface area contributed by atoms with E-state index < -0.39 is 0 Å². The molecule has 0 saturated carbocycles. The van der Waals surface area contributed by atoms with Gasteiger partial charge in [-0.2, -0.15) is 0 Å². The summed E-state index contributed by atoms with van der Waals surface area (Å²) in [5.74, 6) is 2.35. The second-order valence-electron chi connectivity index (χ2n) is 8.39. The molecule has 0 bridgehead atoms. The van der Waals surface area contributed by atoms with Crippen molar-refractivity contribution in [2.45, 2.75) is 75.0 Å².